The van der Waals surface area contributed by atoms with Crippen LogP contribution in [0.15, 0.2) is 24.3 Å². The number of aliphatic hydroxyl groups is 1. The van der Waals surface area contributed by atoms with Gasteiger partial charge in [0.15, 0.2) is 0 Å². The first kappa shape index (κ1) is 15.0. The molecule has 0 aliphatic heterocycles. The van der Waals surface area contributed by atoms with E-state index >= 15 is 0 Å². The molecule has 4 nitrogen and oxygen atoms in total. The maximum Gasteiger partial charge on any atom is 0.251 e. The van der Waals surface area contributed by atoms with Crippen molar-refractivity contribution in [3.05, 3.63) is 35.4 Å². The zero-order chi connectivity index (χ0) is 13.2. The van der Waals surface area contributed by atoms with Crippen molar-refractivity contribution in [3.63, 3.8) is 0 Å². The summed E-state index contributed by atoms with van der Waals surface area (Å²) in [4.78, 5) is 11.8. The van der Waals surface area contributed by atoms with Crippen LogP contribution in [0, 0.1) is 0 Å². The normalized spacial score (nSPS) is 10.3. The Bertz CT molecular complexity index is 371. The molecule has 0 atom stereocenters. The molecule has 18 heavy (non-hydrogen) atoms. The maximum absolute atomic E-state index is 11.8. The lowest BCUT2D eigenvalue weighted by atomic mass is 10.1. The summed E-state index contributed by atoms with van der Waals surface area (Å²) in [5.74, 6) is 0.811. The molecule has 100 valence electrons. The van der Waals surface area contributed by atoms with Gasteiger partial charge in [0.25, 0.3) is 5.91 Å². The molecular formula is C13H19NO3S. The van der Waals surface area contributed by atoms with Crippen molar-refractivity contribution in [2.24, 2.45) is 0 Å². The zero-order valence-electron chi connectivity index (χ0n) is 10.5. The van der Waals surface area contributed by atoms with Gasteiger partial charge in [-0.1, -0.05) is 12.1 Å². The SMILES string of the molecule is CSCc1cccc(C(=O)NCCOCCO)c1. The fraction of sp³-hybridized carbons (Fsp3) is 0.462. The van der Waals surface area contributed by atoms with Crippen LogP contribution < -0.4 is 5.32 Å². The summed E-state index contributed by atoms with van der Waals surface area (Å²) in [7, 11) is 0. The van der Waals surface area contributed by atoms with Gasteiger partial charge >= 0.3 is 0 Å². The van der Waals surface area contributed by atoms with Gasteiger partial charge in [0.05, 0.1) is 19.8 Å². The van der Waals surface area contributed by atoms with E-state index in [0.29, 0.717) is 25.3 Å². The molecule has 0 aliphatic rings. The molecule has 2 N–H and O–H groups in total. The molecule has 0 bridgehead atoms. The van der Waals surface area contributed by atoms with E-state index in [1.165, 1.54) is 0 Å². The first-order valence-electron chi connectivity index (χ1n) is 5.82. The third-order valence-corrected chi connectivity index (χ3v) is 2.89. The minimum absolute atomic E-state index is 0.00464. The molecule has 0 saturated carbocycles. The number of nitrogens with one attached hydrogen (secondary N) is 1. The highest BCUT2D eigenvalue weighted by atomic mass is 32.2. The number of carbonyl (C=O) groups excluding carboxylic acids is 1. The summed E-state index contributed by atoms with van der Waals surface area (Å²) < 4.78 is 5.06. The van der Waals surface area contributed by atoms with Gasteiger partial charge in [-0.2, -0.15) is 11.8 Å². The second-order valence-electron chi connectivity index (χ2n) is 3.73. The molecule has 0 saturated heterocycles. The van der Waals surface area contributed by atoms with Crippen LogP contribution in [-0.4, -0.2) is 43.6 Å². The highest BCUT2D eigenvalue weighted by Crippen LogP contribution is 2.11. The van der Waals surface area contributed by atoms with Gasteiger partial charge < -0.3 is 15.2 Å². The Labute approximate surface area is 112 Å². The van der Waals surface area contributed by atoms with Crippen LogP contribution in [0.1, 0.15) is 15.9 Å². The van der Waals surface area contributed by atoms with E-state index in [4.69, 9.17) is 9.84 Å². The molecular weight excluding hydrogens is 250 g/mol. The maximum atomic E-state index is 11.8. The quantitative estimate of drug-likeness (QED) is 0.698. The first-order chi connectivity index (χ1) is 8.77. The molecule has 0 unspecified atom stereocenters. The molecule has 5 heteroatoms. The van der Waals surface area contributed by atoms with Crippen LogP contribution in [0.5, 0.6) is 0 Å². The summed E-state index contributed by atoms with van der Waals surface area (Å²) in [5, 5.41) is 11.3. The summed E-state index contributed by atoms with van der Waals surface area (Å²) >= 11 is 1.73. The summed E-state index contributed by atoms with van der Waals surface area (Å²) in [6.45, 7) is 1.17. The molecule has 0 aliphatic carbocycles. The van der Waals surface area contributed by atoms with Gasteiger partial charge in [0, 0.05) is 17.9 Å². The average molecular weight is 269 g/mol. The van der Waals surface area contributed by atoms with E-state index in [9.17, 15) is 4.79 Å². The highest BCUT2D eigenvalue weighted by molar-refractivity contribution is 7.97. The van der Waals surface area contributed by atoms with Crippen molar-refractivity contribution in [2.45, 2.75) is 5.75 Å². The standard InChI is InChI=1S/C13H19NO3S/c1-18-10-11-3-2-4-12(9-11)13(16)14-5-7-17-8-6-15/h2-4,9,15H,5-8,10H2,1H3,(H,14,16). The fourth-order valence-corrected chi connectivity index (χ4v) is 1.99. The Morgan fingerprint density at radius 2 is 2.28 bits per heavy atom. The predicted octanol–water partition coefficient (Wildman–Crippen LogP) is 1.29. The number of carbonyl (C=O) groups is 1. The van der Waals surface area contributed by atoms with E-state index in [0.717, 1.165) is 11.3 Å². The summed E-state index contributed by atoms with van der Waals surface area (Å²) in [6.07, 6.45) is 2.03. The number of amides is 1. The second kappa shape index (κ2) is 8.97. The summed E-state index contributed by atoms with van der Waals surface area (Å²) in [5.41, 5.74) is 1.82. The van der Waals surface area contributed by atoms with Crippen molar-refractivity contribution >= 4 is 17.7 Å². The van der Waals surface area contributed by atoms with Gasteiger partial charge in [0.1, 0.15) is 0 Å². The van der Waals surface area contributed by atoms with E-state index in [2.05, 4.69) is 5.32 Å². The Morgan fingerprint density at radius 3 is 3.00 bits per heavy atom. The van der Waals surface area contributed by atoms with Gasteiger partial charge in [0.2, 0.25) is 0 Å². The van der Waals surface area contributed by atoms with Crippen molar-refractivity contribution in [3.8, 4) is 0 Å². The lowest BCUT2D eigenvalue weighted by molar-refractivity contribution is 0.0838. The first-order valence-corrected chi connectivity index (χ1v) is 7.22. The Morgan fingerprint density at radius 1 is 1.44 bits per heavy atom. The van der Waals surface area contributed by atoms with Crippen LogP contribution in [0.4, 0.5) is 0 Å². The molecule has 1 amide bonds. The molecule has 1 aromatic rings. The van der Waals surface area contributed by atoms with Crippen molar-refractivity contribution in [1.29, 1.82) is 0 Å². The second-order valence-corrected chi connectivity index (χ2v) is 4.59. The third kappa shape index (κ3) is 5.53. The summed E-state index contributed by atoms with van der Waals surface area (Å²) in [6, 6.07) is 7.61. The highest BCUT2D eigenvalue weighted by Gasteiger charge is 2.05. The van der Waals surface area contributed by atoms with E-state index in [1.54, 1.807) is 17.8 Å². The van der Waals surface area contributed by atoms with Crippen LogP contribution >= 0.6 is 11.8 Å². The predicted molar refractivity (Wildman–Crippen MR) is 73.9 cm³/mol. The van der Waals surface area contributed by atoms with E-state index in [-0.39, 0.29) is 12.5 Å². The number of aliphatic hydroxyl groups excluding tert-OH is 1. The number of thioether (sulfide) groups is 1. The lowest BCUT2D eigenvalue weighted by Crippen LogP contribution is -2.27. The number of hydrogen-bond acceptors (Lipinski definition) is 4. The monoisotopic (exact) mass is 269 g/mol. The molecule has 1 rings (SSSR count). The van der Waals surface area contributed by atoms with Crippen LogP contribution in [0.2, 0.25) is 0 Å². The minimum atomic E-state index is -0.0921. The lowest BCUT2D eigenvalue weighted by Gasteiger charge is -2.07. The van der Waals surface area contributed by atoms with Gasteiger partial charge in [-0.05, 0) is 24.0 Å². The number of rotatable bonds is 8. The van der Waals surface area contributed by atoms with Crippen LogP contribution in [0.3, 0.4) is 0 Å². The molecule has 0 spiro atoms. The Kier molecular flexibility index (Phi) is 7.48. The molecule has 1 aromatic carbocycles. The minimum Gasteiger partial charge on any atom is -0.394 e. The van der Waals surface area contributed by atoms with Gasteiger partial charge in [-0.25, -0.2) is 0 Å². The number of hydrogen-bond donors (Lipinski definition) is 2. The van der Waals surface area contributed by atoms with Crippen molar-refractivity contribution in [2.75, 3.05) is 32.6 Å². The van der Waals surface area contributed by atoms with Crippen molar-refractivity contribution in [1.82, 2.24) is 5.32 Å². The Balaban J connectivity index is 2.38. The smallest absolute Gasteiger partial charge is 0.251 e. The van der Waals surface area contributed by atoms with Gasteiger partial charge in [-0.3, -0.25) is 4.79 Å². The molecule has 0 heterocycles. The average Bonchev–Trinajstić information content (AvgIpc) is 2.39. The molecule has 0 aromatic heterocycles. The van der Waals surface area contributed by atoms with E-state index < -0.39 is 0 Å². The van der Waals surface area contributed by atoms with Crippen LogP contribution in [0.25, 0.3) is 0 Å². The van der Waals surface area contributed by atoms with Crippen molar-refractivity contribution < 1.29 is 14.6 Å². The van der Waals surface area contributed by atoms with Gasteiger partial charge in [-0.15, -0.1) is 0 Å². The fourth-order valence-electron chi connectivity index (χ4n) is 1.47. The molecule has 0 radical (unpaired) electrons. The Hall–Kier alpha value is -1.04. The molecule has 0 fully saturated rings. The largest absolute Gasteiger partial charge is 0.394 e. The number of benzene rings is 1. The number of ether oxygens (including phenoxy) is 1. The zero-order valence-corrected chi connectivity index (χ0v) is 11.3. The van der Waals surface area contributed by atoms with E-state index in [1.807, 2.05) is 24.5 Å². The topological polar surface area (TPSA) is 58.6 Å². The van der Waals surface area contributed by atoms with Crippen LogP contribution in [-0.2, 0) is 10.5 Å². The third-order valence-electron chi connectivity index (χ3n) is 2.27.